The van der Waals surface area contributed by atoms with Gasteiger partial charge in [0.15, 0.2) is 0 Å². The largest absolute Gasteiger partial charge is 0.467 e. The molecule has 46 valence electrons. The Morgan fingerprint density at radius 1 is 1.75 bits per heavy atom. The van der Waals surface area contributed by atoms with Crippen molar-refractivity contribution < 1.29 is 9.53 Å². The van der Waals surface area contributed by atoms with E-state index in [0.717, 1.165) is 23.1 Å². The third-order valence-electron chi connectivity index (χ3n) is 1.32. The molecule has 0 bridgehead atoms. The SMILES string of the molecule is O=C1CCCC([SiH3])O1. The minimum Gasteiger partial charge on any atom is -0.467 e. The molecule has 1 atom stereocenters. The molecule has 1 heterocycles. The normalized spacial score (nSPS) is 30.0. The van der Waals surface area contributed by atoms with Gasteiger partial charge in [0, 0.05) is 6.42 Å². The van der Waals surface area contributed by atoms with Crippen LogP contribution in [-0.4, -0.2) is 21.9 Å². The second-order valence-corrected chi connectivity index (χ2v) is 3.48. The van der Waals surface area contributed by atoms with Gasteiger partial charge in [-0.05, 0) is 12.8 Å². The van der Waals surface area contributed by atoms with Crippen molar-refractivity contribution in [2.45, 2.75) is 25.0 Å². The first-order chi connectivity index (χ1) is 3.79. The average Bonchev–Trinajstić information content (AvgIpc) is 1.64. The summed E-state index contributed by atoms with van der Waals surface area (Å²) in [5, 5.41) is 0. The lowest BCUT2D eigenvalue weighted by molar-refractivity contribution is -0.149. The van der Waals surface area contributed by atoms with E-state index in [1.807, 2.05) is 0 Å². The first kappa shape index (κ1) is 5.82. The van der Waals surface area contributed by atoms with Gasteiger partial charge in [-0.1, -0.05) is 0 Å². The highest BCUT2D eigenvalue weighted by Crippen LogP contribution is 2.10. The predicted octanol–water partition coefficient (Wildman–Crippen LogP) is -0.595. The molecule has 1 rings (SSSR count). The van der Waals surface area contributed by atoms with Crippen molar-refractivity contribution in [2.24, 2.45) is 0 Å². The molecule has 1 fully saturated rings. The number of carbonyl (C=O) groups is 1. The van der Waals surface area contributed by atoms with Crippen molar-refractivity contribution in [3.05, 3.63) is 0 Å². The van der Waals surface area contributed by atoms with Crippen LogP contribution in [0.2, 0.25) is 0 Å². The van der Waals surface area contributed by atoms with Crippen LogP contribution >= 0.6 is 0 Å². The number of hydrogen-bond acceptors (Lipinski definition) is 2. The van der Waals surface area contributed by atoms with Crippen molar-refractivity contribution >= 4 is 16.2 Å². The quantitative estimate of drug-likeness (QED) is 0.323. The summed E-state index contributed by atoms with van der Waals surface area (Å²) in [6.07, 6.45) is 2.77. The summed E-state index contributed by atoms with van der Waals surface area (Å²) >= 11 is 0. The lowest BCUT2D eigenvalue weighted by Crippen LogP contribution is -2.22. The monoisotopic (exact) mass is 130 g/mol. The summed E-state index contributed by atoms with van der Waals surface area (Å²) in [7, 11) is 0.996. The maximum Gasteiger partial charge on any atom is 0.305 e. The molecule has 0 spiro atoms. The van der Waals surface area contributed by atoms with E-state index in [1.165, 1.54) is 0 Å². The molecule has 1 saturated heterocycles. The van der Waals surface area contributed by atoms with Gasteiger partial charge in [-0.2, -0.15) is 0 Å². The number of esters is 1. The Kier molecular flexibility index (Phi) is 1.68. The average molecular weight is 130 g/mol. The lowest BCUT2D eigenvalue weighted by atomic mass is 10.2. The standard InChI is InChI=1S/C5H10O2Si/c6-4-2-1-3-5(8)7-4/h5H,1-3H2,8H3. The summed E-state index contributed by atoms with van der Waals surface area (Å²) in [6.45, 7) is 0. The Balaban J connectivity index is 2.34. The van der Waals surface area contributed by atoms with Crippen LogP contribution in [0, 0.1) is 0 Å². The summed E-state index contributed by atoms with van der Waals surface area (Å²) in [6, 6.07) is 0. The van der Waals surface area contributed by atoms with Gasteiger partial charge in [0.1, 0.15) is 0 Å². The molecule has 0 N–H and O–H groups in total. The van der Waals surface area contributed by atoms with Crippen LogP contribution in [0.1, 0.15) is 19.3 Å². The summed E-state index contributed by atoms with van der Waals surface area (Å²) in [4.78, 5) is 10.5. The fraction of sp³-hybridized carbons (Fsp3) is 0.800. The van der Waals surface area contributed by atoms with Gasteiger partial charge >= 0.3 is 5.97 Å². The first-order valence-electron chi connectivity index (χ1n) is 2.98. The molecule has 0 aromatic carbocycles. The van der Waals surface area contributed by atoms with E-state index in [2.05, 4.69) is 0 Å². The van der Waals surface area contributed by atoms with Gasteiger partial charge in [0.25, 0.3) is 0 Å². The van der Waals surface area contributed by atoms with E-state index in [4.69, 9.17) is 4.74 Å². The van der Waals surface area contributed by atoms with E-state index in [0.29, 0.717) is 12.1 Å². The molecule has 0 aromatic rings. The molecule has 1 aliphatic heterocycles. The predicted molar refractivity (Wildman–Crippen MR) is 33.7 cm³/mol. The molecule has 0 radical (unpaired) electrons. The number of hydrogen-bond donors (Lipinski definition) is 0. The molecule has 3 heteroatoms. The van der Waals surface area contributed by atoms with E-state index < -0.39 is 0 Å². The molecule has 0 amide bonds. The Morgan fingerprint density at radius 3 is 2.88 bits per heavy atom. The van der Waals surface area contributed by atoms with Gasteiger partial charge in [-0.3, -0.25) is 4.79 Å². The molecular weight excluding hydrogens is 120 g/mol. The smallest absolute Gasteiger partial charge is 0.305 e. The zero-order valence-corrected chi connectivity index (χ0v) is 7.02. The molecule has 2 nitrogen and oxygen atoms in total. The Bertz CT molecular complexity index is 103. The molecule has 0 saturated carbocycles. The van der Waals surface area contributed by atoms with Crippen molar-refractivity contribution in [1.29, 1.82) is 0 Å². The Morgan fingerprint density at radius 2 is 2.50 bits per heavy atom. The maximum atomic E-state index is 10.5. The van der Waals surface area contributed by atoms with E-state index in [9.17, 15) is 4.79 Å². The summed E-state index contributed by atoms with van der Waals surface area (Å²) in [5.41, 5.74) is 0.302. The second kappa shape index (κ2) is 2.30. The second-order valence-electron chi connectivity index (χ2n) is 2.19. The number of rotatable bonds is 0. The lowest BCUT2D eigenvalue weighted by Gasteiger charge is -2.17. The Labute approximate surface area is 51.6 Å². The minimum absolute atomic E-state index is 0.00347. The van der Waals surface area contributed by atoms with E-state index in [-0.39, 0.29) is 5.97 Å². The molecule has 0 aromatic heterocycles. The van der Waals surface area contributed by atoms with Crippen LogP contribution in [0.25, 0.3) is 0 Å². The van der Waals surface area contributed by atoms with Crippen LogP contribution < -0.4 is 0 Å². The third kappa shape index (κ3) is 1.33. The molecule has 8 heavy (non-hydrogen) atoms. The molecule has 0 aliphatic carbocycles. The fourth-order valence-electron chi connectivity index (χ4n) is 0.876. The van der Waals surface area contributed by atoms with Gasteiger partial charge in [0.2, 0.25) is 0 Å². The van der Waals surface area contributed by atoms with Crippen LogP contribution in [0.5, 0.6) is 0 Å². The van der Waals surface area contributed by atoms with Crippen molar-refractivity contribution in [3.63, 3.8) is 0 Å². The molecule has 1 aliphatic rings. The van der Waals surface area contributed by atoms with Crippen molar-refractivity contribution in [2.75, 3.05) is 0 Å². The number of cyclic esters (lactones) is 1. The first-order valence-corrected chi connectivity index (χ1v) is 4.14. The fourth-order valence-corrected chi connectivity index (χ4v) is 1.55. The maximum absolute atomic E-state index is 10.5. The number of carbonyl (C=O) groups excluding carboxylic acids is 1. The van der Waals surface area contributed by atoms with Crippen molar-refractivity contribution in [1.82, 2.24) is 0 Å². The zero-order valence-electron chi connectivity index (χ0n) is 5.02. The van der Waals surface area contributed by atoms with Crippen LogP contribution in [0.4, 0.5) is 0 Å². The van der Waals surface area contributed by atoms with E-state index >= 15 is 0 Å². The highest BCUT2D eigenvalue weighted by atomic mass is 28.1. The number of ether oxygens (including phenoxy) is 1. The summed E-state index contributed by atoms with van der Waals surface area (Å²) < 4.78 is 4.91. The molecular formula is C5H10O2Si. The zero-order chi connectivity index (χ0) is 5.98. The van der Waals surface area contributed by atoms with Gasteiger partial charge in [-0.15, -0.1) is 0 Å². The molecule has 1 unspecified atom stereocenters. The van der Waals surface area contributed by atoms with Crippen LogP contribution in [-0.2, 0) is 9.53 Å². The summed E-state index contributed by atoms with van der Waals surface area (Å²) in [5.74, 6) is -0.00347. The van der Waals surface area contributed by atoms with Crippen molar-refractivity contribution in [3.8, 4) is 0 Å². The van der Waals surface area contributed by atoms with Gasteiger partial charge < -0.3 is 4.74 Å². The third-order valence-corrected chi connectivity index (χ3v) is 2.14. The van der Waals surface area contributed by atoms with Crippen LogP contribution in [0.15, 0.2) is 0 Å². The highest BCUT2D eigenvalue weighted by molar-refractivity contribution is 6.11. The van der Waals surface area contributed by atoms with Gasteiger partial charge in [-0.25, -0.2) is 0 Å². The Hall–Kier alpha value is -0.313. The van der Waals surface area contributed by atoms with E-state index in [1.54, 1.807) is 0 Å². The topological polar surface area (TPSA) is 26.3 Å². The minimum atomic E-state index is -0.00347. The van der Waals surface area contributed by atoms with Crippen LogP contribution in [0.3, 0.4) is 0 Å². The van der Waals surface area contributed by atoms with Gasteiger partial charge in [0.05, 0.1) is 16.0 Å². The highest BCUT2D eigenvalue weighted by Gasteiger charge is 2.14.